The lowest BCUT2D eigenvalue weighted by molar-refractivity contribution is -0.191. The fourth-order valence-corrected chi connectivity index (χ4v) is 1.59. The molecule has 0 aliphatic carbocycles. The van der Waals surface area contributed by atoms with Crippen molar-refractivity contribution >= 4 is 0 Å². The van der Waals surface area contributed by atoms with Crippen LogP contribution in [0.1, 0.15) is 18.9 Å². The van der Waals surface area contributed by atoms with Crippen LogP contribution in [0.3, 0.4) is 0 Å². The molecule has 1 saturated heterocycles. The van der Waals surface area contributed by atoms with E-state index in [1.165, 1.54) is 5.56 Å². The summed E-state index contributed by atoms with van der Waals surface area (Å²) in [6.07, 6.45) is 0.928. The molecule has 0 aromatic heterocycles. The maximum atomic E-state index is 5.63. The Balaban J connectivity index is 2.23. The molecule has 0 unspecified atom stereocenters. The largest absolute Gasteiger partial charge is 0.355 e. The van der Waals surface area contributed by atoms with E-state index in [4.69, 9.17) is 9.47 Å². The van der Waals surface area contributed by atoms with Crippen LogP contribution in [0.25, 0.3) is 0 Å². The number of hydrogen-bond donors (Lipinski definition) is 0. The highest BCUT2D eigenvalue weighted by Gasteiger charge is 2.29. The molecule has 1 heterocycles. The molecular formula is C11H14O2. The summed E-state index contributed by atoms with van der Waals surface area (Å²) in [4.78, 5) is 0. The van der Waals surface area contributed by atoms with Crippen molar-refractivity contribution in [1.82, 2.24) is 0 Å². The second-order valence-electron chi connectivity index (χ2n) is 3.52. The van der Waals surface area contributed by atoms with Crippen LogP contribution in [0.4, 0.5) is 0 Å². The molecule has 0 spiro atoms. The van der Waals surface area contributed by atoms with E-state index in [0.717, 1.165) is 13.0 Å². The highest BCUT2D eigenvalue weighted by atomic mass is 16.7. The number of rotatable bonds is 1. The van der Waals surface area contributed by atoms with E-state index in [2.05, 4.69) is 19.1 Å². The summed E-state index contributed by atoms with van der Waals surface area (Å²) in [5.41, 5.74) is 1.08. The smallest absolute Gasteiger partial charge is 0.147 e. The quantitative estimate of drug-likeness (QED) is 0.657. The Labute approximate surface area is 78.5 Å². The van der Waals surface area contributed by atoms with E-state index < -0.39 is 0 Å². The van der Waals surface area contributed by atoms with E-state index in [1.807, 2.05) is 18.2 Å². The Morgan fingerprint density at radius 3 is 2.62 bits per heavy atom. The van der Waals surface area contributed by atoms with Gasteiger partial charge in [0.05, 0.1) is 12.2 Å². The summed E-state index contributed by atoms with van der Waals surface area (Å²) in [7, 11) is 0. The van der Waals surface area contributed by atoms with Gasteiger partial charge < -0.3 is 9.47 Å². The predicted octanol–water partition coefficient (Wildman–Crippen LogP) is 2.30. The molecule has 2 heteroatoms. The van der Waals surface area contributed by atoms with Crippen LogP contribution in [0.15, 0.2) is 30.3 Å². The zero-order chi connectivity index (χ0) is 9.15. The van der Waals surface area contributed by atoms with E-state index in [-0.39, 0.29) is 5.60 Å². The topological polar surface area (TPSA) is 18.5 Å². The molecule has 13 heavy (non-hydrogen) atoms. The van der Waals surface area contributed by atoms with Crippen molar-refractivity contribution in [2.45, 2.75) is 18.9 Å². The average molecular weight is 178 g/mol. The van der Waals surface area contributed by atoms with Gasteiger partial charge >= 0.3 is 0 Å². The van der Waals surface area contributed by atoms with E-state index in [1.54, 1.807) is 0 Å². The molecule has 0 N–H and O–H groups in total. The minimum atomic E-state index is -0.153. The Bertz CT molecular complexity index is 263. The third-order valence-electron chi connectivity index (χ3n) is 2.57. The van der Waals surface area contributed by atoms with Crippen molar-refractivity contribution < 1.29 is 9.47 Å². The summed E-state index contributed by atoms with van der Waals surface area (Å²) in [6.45, 7) is 3.31. The van der Waals surface area contributed by atoms with Gasteiger partial charge in [-0.15, -0.1) is 0 Å². The fourth-order valence-electron chi connectivity index (χ4n) is 1.59. The van der Waals surface area contributed by atoms with Gasteiger partial charge in [0.1, 0.15) is 6.79 Å². The van der Waals surface area contributed by atoms with Crippen molar-refractivity contribution in [2.24, 2.45) is 0 Å². The third kappa shape index (κ3) is 1.74. The highest BCUT2D eigenvalue weighted by Crippen LogP contribution is 2.31. The van der Waals surface area contributed by atoms with Crippen molar-refractivity contribution in [3.63, 3.8) is 0 Å². The first-order chi connectivity index (χ1) is 6.31. The molecule has 1 aliphatic rings. The Kier molecular flexibility index (Phi) is 2.34. The van der Waals surface area contributed by atoms with Crippen molar-refractivity contribution in [3.8, 4) is 0 Å². The molecule has 0 amide bonds. The molecule has 1 aromatic rings. The molecular weight excluding hydrogens is 164 g/mol. The van der Waals surface area contributed by atoms with E-state index in [0.29, 0.717) is 6.79 Å². The van der Waals surface area contributed by atoms with Crippen LogP contribution < -0.4 is 0 Å². The molecule has 0 radical (unpaired) electrons. The minimum absolute atomic E-state index is 0.153. The van der Waals surface area contributed by atoms with Crippen LogP contribution in [0, 0.1) is 0 Å². The first-order valence-corrected chi connectivity index (χ1v) is 4.58. The molecule has 1 aromatic carbocycles. The van der Waals surface area contributed by atoms with Gasteiger partial charge in [0, 0.05) is 6.42 Å². The number of benzene rings is 1. The zero-order valence-electron chi connectivity index (χ0n) is 7.82. The fraction of sp³-hybridized carbons (Fsp3) is 0.455. The summed E-state index contributed by atoms with van der Waals surface area (Å²) in [5.74, 6) is 0. The Morgan fingerprint density at radius 2 is 2.00 bits per heavy atom. The van der Waals surface area contributed by atoms with Crippen molar-refractivity contribution in [3.05, 3.63) is 35.9 Å². The maximum absolute atomic E-state index is 5.63. The lowest BCUT2D eigenvalue weighted by Crippen LogP contribution is -2.33. The normalized spacial score (nSPS) is 28.7. The Morgan fingerprint density at radius 1 is 1.23 bits per heavy atom. The van der Waals surface area contributed by atoms with Gasteiger partial charge in [-0.05, 0) is 12.5 Å². The van der Waals surface area contributed by atoms with Gasteiger partial charge in [0.2, 0.25) is 0 Å². The molecule has 1 fully saturated rings. The third-order valence-corrected chi connectivity index (χ3v) is 2.57. The van der Waals surface area contributed by atoms with Crippen LogP contribution in [-0.2, 0) is 15.1 Å². The minimum Gasteiger partial charge on any atom is -0.355 e. The van der Waals surface area contributed by atoms with Crippen LogP contribution in [-0.4, -0.2) is 13.4 Å². The van der Waals surface area contributed by atoms with Gasteiger partial charge in [-0.3, -0.25) is 0 Å². The first-order valence-electron chi connectivity index (χ1n) is 4.58. The lowest BCUT2D eigenvalue weighted by atomic mass is 9.92. The van der Waals surface area contributed by atoms with Gasteiger partial charge in [-0.25, -0.2) is 0 Å². The molecule has 0 bridgehead atoms. The SMILES string of the molecule is C[C@]1(c2ccccc2)CCOCO1. The van der Waals surface area contributed by atoms with Gasteiger partial charge in [-0.2, -0.15) is 0 Å². The zero-order valence-corrected chi connectivity index (χ0v) is 7.82. The summed E-state index contributed by atoms with van der Waals surface area (Å²) in [6, 6.07) is 10.3. The van der Waals surface area contributed by atoms with E-state index >= 15 is 0 Å². The Hall–Kier alpha value is -0.860. The lowest BCUT2D eigenvalue weighted by Gasteiger charge is -2.34. The second kappa shape index (κ2) is 3.48. The molecule has 2 nitrogen and oxygen atoms in total. The number of hydrogen-bond acceptors (Lipinski definition) is 2. The van der Waals surface area contributed by atoms with Crippen molar-refractivity contribution in [1.29, 1.82) is 0 Å². The molecule has 0 saturated carbocycles. The summed E-state index contributed by atoms with van der Waals surface area (Å²) >= 11 is 0. The summed E-state index contributed by atoms with van der Waals surface area (Å²) < 4.78 is 10.8. The van der Waals surface area contributed by atoms with Crippen LogP contribution in [0.5, 0.6) is 0 Å². The summed E-state index contributed by atoms with van der Waals surface area (Å²) in [5, 5.41) is 0. The molecule has 1 atom stereocenters. The second-order valence-corrected chi connectivity index (χ2v) is 3.52. The van der Waals surface area contributed by atoms with Crippen LogP contribution >= 0.6 is 0 Å². The molecule has 1 aliphatic heterocycles. The number of ether oxygens (including phenoxy) is 2. The standard InChI is InChI=1S/C11H14O2/c1-11(7-8-12-9-13-11)10-5-3-2-4-6-10/h2-6H,7-9H2,1H3/t11-/m1/s1. The molecule has 2 rings (SSSR count). The van der Waals surface area contributed by atoms with Gasteiger partial charge in [-0.1, -0.05) is 30.3 Å². The highest BCUT2D eigenvalue weighted by molar-refractivity contribution is 5.21. The van der Waals surface area contributed by atoms with Crippen LogP contribution in [0.2, 0.25) is 0 Å². The van der Waals surface area contributed by atoms with Gasteiger partial charge in [0.15, 0.2) is 0 Å². The first kappa shape index (κ1) is 8.73. The van der Waals surface area contributed by atoms with E-state index in [9.17, 15) is 0 Å². The predicted molar refractivity (Wildman–Crippen MR) is 50.3 cm³/mol. The maximum Gasteiger partial charge on any atom is 0.147 e. The average Bonchev–Trinajstić information content (AvgIpc) is 2.20. The monoisotopic (exact) mass is 178 g/mol. The van der Waals surface area contributed by atoms with Gasteiger partial charge in [0.25, 0.3) is 0 Å². The molecule has 70 valence electrons. The van der Waals surface area contributed by atoms with Crippen molar-refractivity contribution in [2.75, 3.05) is 13.4 Å².